The van der Waals surface area contributed by atoms with Gasteiger partial charge in [0, 0.05) is 63.9 Å². The van der Waals surface area contributed by atoms with Crippen molar-refractivity contribution >= 4 is 68.3 Å². The molecule has 2 aliphatic carbocycles. The number of imide groups is 1. The molecule has 0 radical (unpaired) electrons. The second-order valence-electron chi connectivity index (χ2n) is 18.5. The number of carboxylic acid groups (broad SMARTS) is 1. The first-order valence-electron chi connectivity index (χ1n) is 22.1. The third-order valence-corrected chi connectivity index (χ3v) is 16.5. The Hall–Kier alpha value is -7.39. The molecule has 0 spiro atoms. The van der Waals surface area contributed by atoms with Gasteiger partial charge in [0.15, 0.2) is 0 Å². The Morgan fingerprint density at radius 3 is 1.53 bits per heavy atom. The molecule has 2 aromatic heterocycles. The highest BCUT2D eigenvalue weighted by molar-refractivity contribution is 7.25. The molecule has 12 rings (SSSR count). The fourth-order valence-corrected chi connectivity index (χ4v) is 12.9. The van der Waals surface area contributed by atoms with Gasteiger partial charge in [-0.1, -0.05) is 119 Å². The van der Waals surface area contributed by atoms with Gasteiger partial charge in [0.25, 0.3) is 11.8 Å². The molecule has 8 heteroatoms. The molecule has 320 valence electrons. The van der Waals surface area contributed by atoms with E-state index in [9.17, 15) is 19.5 Å². The molecular formula is C58H42N2O4S2. The lowest BCUT2D eigenvalue weighted by molar-refractivity contribution is -0.137. The number of rotatable bonds is 8. The minimum atomic E-state index is -1.24. The molecule has 2 amide bonds. The van der Waals surface area contributed by atoms with E-state index >= 15 is 0 Å². The Bertz CT molecular complexity index is 3430. The zero-order valence-electron chi connectivity index (χ0n) is 36.7. The van der Waals surface area contributed by atoms with Gasteiger partial charge in [0.1, 0.15) is 6.54 Å². The lowest BCUT2D eigenvalue weighted by atomic mass is 9.82. The van der Waals surface area contributed by atoms with Crippen LogP contribution in [-0.4, -0.2) is 34.3 Å². The second-order valence-corrected chi connectivity index (χ2v) is 20.7. The minimum Gasteiger partial charge on any atom is -0.480 e. The number of carboxylic acids is 1. The van der Waals surface area contributed by atoms with Crippen LogP contribution in [0, 0.1) is 0 Å². The highest BCUT2D eigenvalue weighted by Gasteiger charge is 2.38. The van der Waals surface area contributed by atoms with Crippen molar-refractivity contribution in [3.05, 3.63) is 197 Å². The number of carbonyl (C=O) groups is 3. The number of nitrogens with zero attached hydrogens (tertiary/aromatic N) is 2. The Morgan fingerprint density at radius 1 is 0.485 bits per heavy atom. The molecule has 0 fully saturated rings. The van der Waals surface area contributed by atoms with Crippen molar-refractivity contribution in [1.82, 2.24) is 4.90 Å². The van der Waals surface area contributed by atoms with Crippen LogP contribution in [0.25, 0.3) is 63.7 Å². The summed E-state index contributed by atoms with van der Waals surface area (Å²) in [6.45, 7) is 8.67. The zero-order valence-corrected chi connectivity index (χ0v) is 38.3. The quantitative estimate of drug-likeness (QED) is 0.154. The summed E-state index contributed by atoms with van der Waals surface area (Å²) in [6, 6.07) is 58.1. The highest BCUT2D eigenvalue weighted by Crippen LogP contribution is 2.53. The van der Waals surface area contributed by atoms with E-state index in [2.05, 4.69) is 166 Å². The molecule has 0 bridgehead atoms. The van der Waals surface area contributed by atoms with E-state index in [1.165, 1.54) is 44.5 Å². The van der Waals surface area contributed by atoms with Crippen LogP contribution in [0.15, 0.2) is 164 Å². The number of aliphatic carboxylic acids is 1. The Balaban J connectivity index is 0.883. The lowest BCUT2D eigenvalue weighted by Gasteiger charge is -2.30. The van der Waals surface area contributed by atoms with Crippen LogP contribution in [0.1, 0.15) is 70.7 Å². The third kappa shape index (κ3) is 5.94. The minimum absolute atomic E-state index is 0.137. The van der Waals surface area contributed by atoms with Crippen LogP contribution >= 0.6 is 22.7 Å². The lowest BCUT2D eigenvalue weighted by Crippen LogP contribution is -2.43. The monoisotopic (exact) mass is 894 g/mol. The summed E-state index contributed by atoms with van der Waals surface area (Å²) < 4.78 is 0. The van der Waals surface area contributed by atoms with E-state index in [0.717, 1.165) is 58.0 Å². The summed E-state index contributed by atoms with van der Waals surface area (Å²) in [5.74, 6) is -2.42. The van der Waals surface area contributed by atoms with E-state index in [1.807, 2.05) is 12.1 Å². The van der Waals surface area contributed by atoms with Crippen LogP contribution in [0.5, 0.6) is 0 Å². The predicted molar refractivity (Wildman–Crippen MR) is 269 cm³/mol. The maximum atomic E-state index is 13.3. The summed E-state index contributed by atoms with van der Waals surface area (Å²) in [5.41, 5.74) is 16.4. The van der Waals surface area contributed by atoms with Crippen molar-refractivity contribution < 1.29 is 19.5 Å². The van der Waals surface area contributed by atoms with Gasteiger partial charge in [0.2, 0.25) is 0 Å². The summed E-state index contributed by atoms with van der Waals surface area (Å²) >= 11 is 3.42. The largest absolute Gasteiger partial charge is 0.480 e. The van der Waals surface area contributed by atoms with Gasteiger partial charge in [-0.05, 0) is 134 Å². The van der Waals surface area contributed by atoms with Gasteiger partial charge in [-0.25, -0.2) is 0 Å². The molecule has 0 saturated carbocycles. The number of anilines is 3. The molecule has 3 heterocycles. The first kappa shape index (κ1) is 40.1. The molecule has 9 aromatic rings. The van der Waals surface area contributed by atoms with E-state index < -0.39 is 24.3 Å². The second kappa shape index (κ2) is 14.6. The molecule has 0 atom stereocenters. The van der Waals surface area contributed by atoms with E-state index in [1.54, 1.807) is 40.9 Å². The van der Waals surface area contributed by atoms with Crippen molar-refractivity contribution in [2.24, 2.45) is 0 Å². The third-order valence-electron chi connectivity index (χ3n) is 14.1. The fourth-order valence-electron chi connectivity index (χ4n) is 10.8. The molecule has 1 aliphatic heterocycles. The number of carbonyl (C=O) groups excluding carboxylic acids is 2. The highest BCUT2D eigenvalue weighted by atomic mass is 32.1. The van der Waals surface area contributed by atoms with Crippen molar-refractivity contribution in [2.45, 2.75) is 38.5 Å². The molecule has 1 N–H and O–H groups in total. The smallest absolute Gasteiger partial charge is 0.323 e. The van der Waals surface area contributed by atoms with Gasteiger partial charge in [-0.15, -0.1) is 22.7 Å². The van der Waals surface area contributed by atoms with E-state index in [4.69, 9.17) is 0 Å². The Morgan fingerprint density at radius 2 is 0.939 bits per heavy atom. The molecule has 3 aliphatic rings. The number of benzene rings is 7. The number of hydrogen-bond donors (Lipinski definition) is 1. The van der Waals surface area contributed by atoms with E-state index in [-0.39, 0.29) is 10.8 Å². The number of hydrogen-bond acceptors (Lipinski definition) is 6. The van der Waals surface area contributed by atoms with Crippen LogP contribution < -0.4 is 4.90 Å². The van der Waals surface area contributed by atoms with Gasteiger partial charge >= 0.3 is 5.97 Å². The predicted octanol–water partition coefficient (Wildman–Crippen LogP) is 14.7. The van der Waals surface area contributed by atoms with Gasteiger partial charge in [-0.3, -0.25) is 19.3 Å². The number of thiophene rings is 2. The molecule has 66 heavy (non-hydrogen) atoms. The summed E-state index contributed by atoms with van der Waals surface area (Å²) in [6.07, 6.45) is 0. The number of fused-ring (bicyclic) bond motifs is 6. The molecular weight excluding hydrogens is 853 g/mol. The van der Waals surface area contributed by atoms with Crippen LogP contribution in [0.3, 0.4) is 0 Å². The van der Waals surface area contributed by atoms with Crippen LogP contribution in [-0.2, 0) is 15.6 Å². The van der Waals surface area contributed by atoms with Crippen molar-refractivity contribution in [3.8, 4) is 52.9 Å². The molecule has 0 saturated heterocycles. The average Bonchev–Trinajstić information content (AvgIpc) is 4.11. The first-order chi connectivity index (χ1) is 31.9. The van der Waals surface area contributed by atoms with Gasteiger partial charge in [0.05, 0.1) is 0 Å². The molecule has 6 nitrogen and oxygen atoms in total. The molecule has 7 aromatic carbocycles. The van der Waals surface area contributed by atoms with Crippen LogP contribution in [0.2, 0.25) is 0 Å². The Kier molecular flexibility index (Phi) is 8.86. The van der Waals surface area contributed by atoms with Crippen molar-refractivity contribution in [3.63, 3.8) is 0 Å². The van der Waals surface area contributed by atoms with Gasteiger partial charge in [-0.2, -0.15) is 0 Å². The standard InChI is InChI=1S/C58H42N2O4S2/c1-57(2)45-14-7-5-10-37(45)39-22-20-35(30-47(39)57)60(36-21-23-40-38-11-6-8-15-46(38)58(3,4)48(40)31-36)34-18-16-33(17-19-34)49-26-28-51(65-49)52-29-27-50(66-52)41-24-25-44-54-42(41)12-9-13-43(54)55(63)59(56(44)64)32-53(61)62/h5-31H,32H2,1-4H3,(H,61,62). The van der Waals surface area contributed by atoms with Crippen molar-refractivity contribution in [1.29, 1.82) is 0 Å². The summed E-state index contributed by atoms with van der Waals surface area (Å²) in [7, 11) is 0. The average molecular weight is 895 g/mol. The first-order valence-corrected chi connectivity index (χ1v) is 23.8. The maximum Gasteiger partial charge on any atom is 0.323 e. The zero-order chi connectivity index (χ0) is 45.2. The normalized spacial score (nSPS) is 14.8. The van der Waals surface area contributed by atoms with Gasteiger partial charge < -0.3 is 10.0 Å². The van der Waals surface area contributed by atoms with Crippen LogP contribution in [0.4, 0.5) is 17.1 Å². The topological polar surface area (TPSA) is 77.9 Å². The Labute approximate surface area is 390 Å². The van der Waals surface area contributed by atoms with E-state index in [0.29, 0.717) is 16.5 Å². The summed E-state index contributed by atoms with van der Waals surface area (Å²) in [4.78, 5) is 45.8. The SMILES string of the molecule is CC1(C)c2ccccc2-c2ccc(N(c3ccc(-c4ccc(-c5ccc(-c6ccc7c8c(cccc68)C(=O)N(CC(=O)O)C7=O)s5)s4)cc3)c3ccc4c(c3)C(C)(C)c3ccccc3-4)cc21. The van der Waals surface area contributed by atoms with Crippen molar-refractivity contribution in [2.75, 3.05) is 11.4 Å². The maximum absolute atomic E-state index is 13.3. The molecule has 0 unspecified atom stereocenters. The number of amides is 2. The fraction of sp³-hybridized carbons (Fsp3) is 0.121. The summed E-state index contributed by atoms with van der Waals surface area (Å²) in [5, 5.41) is 10.7.